The van der Waals surface area contributed by atoms with Crippen LogP contribution in [0.4, 0.5) is 0 Å². The van der Waals surface area contributed by atoms with Crippen LogP contribution in [-0.4, -0.2) is 41.0 Å². The Kier molecular flexibility index (Phi) is 5.68. The van der Waals surface area contributed by atoms with Crippen molar-refractivity contribution in [1.29, 1.82) is 0 Å². The van der Waals surface area contributed by atoms with Gasteiger partial charge in [0.15, 0.2) is 0 Å². The molecule has 0 atom stereocenters. The van der Waals surface area contributed by atoms with Gasteiger partial charge in [0.2, 0.25) is 11.8 Å². The van der Waals surface area contributed by atoms with Crippen molar-refractivity contribution in [2.45, 2.75) is 6.92 Å². The van der Waals surface area contributed by atoms with Crippen LogP contribution in [0.3, 0.4) is 0 Å². The number of aliphatic carboxylic acids is 1. The Morgan fingerprint density at radius 2 is 2.11 bits per heavy atom. The van der Waals surface area contributed by atoms with Gasteiger partial charge in [0.1, 0.15) is 6.54 Å². The Hall–Kier alpha value is -2.22. The first kappa shape index (κ1) is 14.8. The van der Waals surface area contributed by atoms with Gasteiger partial charge in [-0.1, -0.05) is 0 Å². The number of aromatic nitrogens is 1. The van der Waals surface area contributed by atoms with Gasteiger partial charge in [-0.05, 0) is 13.0 Å². The molecule has 19 heavy (non-hydrogen) atoms. The number of rotatable bonds is 6. The maximum absolute atomic E-state index is 11.3. The molecule has 2 amide bonds. The van der Waals surface area contributed by atoms with Crippen molar-refractivity contribution in [1.82, 2.24) is 15.6 Å². The highest BCUT2D eigenvalue weighted by Gasteiger charge is 2.04. The maximum Gasteiger partial charge on any atom is 0.322 e. The normalized spacial score (nSPS) is 10.4. The lowest BCUT2D eigenvalue weighted by Crippen LogP contribution is -2.38. The summed E-state index contributed by atoms with van der Waals surface area (Å²) in [5.74, 6) is -2.15. The SMILES string of the molecule is Cc1nc(/C=C/C(=O)NCC(=O)NCC(=O)O)cs1. The molecule has 7 nitrogen and oxygen atoms in total. The van der Waals surface area contributed by atoms with Crippen LogP contribution in [0.2, 0.25) is 0 Å². The molecule has 8 heteroatoms. The van der Waals surface area contributed by atoms with Crippen molar-refractivity contribution < 1.29 is 19.5 Å². The summed E-state index contributed by atoms with van der Waals surface area (Å²) in [6, 6.07) is 0. The van der Waals surface area contributed by atoms with Crippen LogP contribution >= 0.6 is 11.3 Å². The summed E-state index contributed by atoms with van der Waals surface area (Å²) in [6.07, 6.45) is 2.80. The monoisotopic (exact) mass is 283 g/mol. The standard InChI is InChI=1S/C11H13N3O4S/c1-7-14-8(6-19-7)2-3-9(15)12-4-10(16)13-5-11(17)18/h2-3,6H,4-5H2,1H3,(H,12,15)(H,13,16)(H,17,18)/b3-2+. The molecule has 1 heterocycles. The van der Waals surface area contributed by atoms with E-state index in [-0.39, 0.29) is 6.54 Å². The third kappa shape index (κ3) is 6.32. The number of hydrogen-bond acceptors (Lipinski definition) is 5. The van der Waals surface area contributed by atoms with Gasteiger partial charge in [0.05, 0.1) is 17.2 Å². The number of hydrogen-bond donors (Lipinski definition) is 3. The molecule has 0 aromatic carbocycles. The fourth-order valence-electron chi connectivity index (χ4n) is 1.08. The van der Waals surface area contributed by atoms with Gasteiger partial charge in [-0.25, -0.2) is 4.98 Å². The molecule has 1 rings (SSSR count). The first-order chi connectivity index (χ1) is 8.97. The van der Waals surface area contributed by atoms with Crippen molar-refractivity contribution in [2.24, 2.45) is 0 Å². The molecule has 0 fully saturated rings. The Balaban J connectivity index is 2.29. The van der Waals surface area contributed by atoms with Crippen LogP contribution in [-0.2, 0) is 14.4 Å². The van der Waals surface area contributed by atoms with Gasteiger partial charge in [0.25, 0.3) is 0 Å². The number of carbonyl (C=O) groups excluding carboxylic acids is 2. The van der Waals surface area contributed by atoms with Crippen LogP contribution in [0, 0.1) is 6.92 Å². The van der Waals surface area contributed by atoms with Gasteiger partial charge < -0.3 is 15.7 Å². The number of carbonyl (C=O) groups is 3. The molecule has 102 valence electrons. The number of aryl methyl sites for hydroxylation is 1. The van der Waals surface area contributed by atoms with Crippen LogP contribution < -0.4 is 10.6 Å². The lowest BCUT2D eigenvalue weighted by Gasteiger charge is -2.02. The molecule has 1 aromatic heterocycles. The molecule has 1 aromatic rings. The van der Waals surface area contributed by atoms with Gasteiger partial charge >= 0.3 is 5.97 Å². The molecule has 0 unspecified atom stereocenters. The van der Waals surface area contributed by atoms with Gasteiger partial charge in [-0.15, -0.1) is 11.3 Å². The maximum atomic E-state index is 11.3. The average Bonchev–Trinajstić information content (AvgIpc) is 2.77. The van der Waals surface area contributed by atoms with E-state index >= 15 is 0 Å². The predicted molar refractivity (Wildman–Crippen MR) is 69.5 cm³/mol. The zero-order chi connectivity index (χ0) is 14.3. The molecule has 3 N–H and O–H groups in total. The Bertz CT molecular complexity index is 510. The quantitative estimate of drug-likeness (QED) is 0.626. The molecular formula is C11H13N3O4S. The van der Waals surface area contributed by atoms with Gasteiger partial charge in [0, 0.05) is 11.5 Å². The summed E-state index contributed by atoms with van der Waals surface area (Å²) >= 11 is 1.47. The first-order valence-electron chi connectivity index (χ1n) is 5.34. The third-order valence-electron chi connectivity index (χ3n) is 1.90. The number of thiazole rings is 1. The smallest absolute Gasteiger partial charge is 0.322 e. The highest BCUT2D eigenvalue weighted by molar-refractivity contribution is 7.09. The minimum Gasteiger partial charge on any atom is -0.480 e. The summed E-state index contributed by atoms with van der Waals surface area (Å²) < 4.78 is 0. The van der Waals surface area contributed by atoms with Crippen LogP contribution in [0.5, 0.6) is 0 Å². The van der Waals surface area contributed by atoms with E-state index in [1.807, 2.05) is 6.92 Å². The largest absolute Gasteiger partial charge is 0.480 e. The van der Waals surface area contributed by atoms with E-state index in [1.54, 1.807) is 5.38 Å². The first-order valence-corrected chi connectivity index (χ1v) is 6.22. The van der Waals surface area contributed by atoms with Crippen molar-refractivity contribution >= 4 is 35.2 Å². The molecule has 0 radical (unpaired) electrons. The predicted octanol–water partition coefficient (Wildman–Crippen LogP) is -0.218. The molecule has 0 aliphatic heterocycles. The molecule has 0 spiro atoms. The lowest BCUT2D eigenvalue weighted by atomic mass is 10.4. The molecule has 0 aliphatic carbocycles. The molecule has 0 bridgehead atoms. The lowest BCUT2D eigenvalue weighted by molar-refractivity contribution is -0.137. The molecule has 0 aliphatic rings. The summed E-state index contributed by atoms with van der Waals surface area (Å²) in [5, 5.41) is 15.5. The second kappa shape index (κ2) is 7.27. The van der Waals surface area contributed by atoms with E-state index in [4.69, 9.17) is 5.11 Å². The molecular weight excluding hydrogens is 270 g/mol. The van der Waals surface area contributed by atoms with Crippen LogP contribution in [0.25, 0.3) is 6.08 Å². The highest BCUT2D eigenvalue weighted by Crippen LogP contribution is 2.08. The second-order valence-electron chi connectivity index (χ2n) is 3.51. The van der Waals surface area contributed by atoms with E-state index in [9.17, 15) is 14.4 Å². The van der Waals surface area contributed by atoms with Crippen molar-refractivity contribution in [2.75, 3.05) is 13.1 Å². The zero-order valence-corrected chi connectivity index (χ0v) is 11.0. The number of nitrogens with zero attached hydrogens (tertiary/aromatic N) is 1. The van der Waals surface area contributed by atoms with Crippen LogP contribution in [0.1, 0.15) is 10.7 Å². The zero-order valence-electron chi connectivity index (χ0n) is 10.2. The van der Waals surface area contributed by atoms with E-state index < -0.39 is 24.3 Å². The Labute approximate surface area is 113 Å². The second-order valence-corrected chi connectivity index (χ2v) is 4.58. The minimum absolute atomic E-state index is 0.271. The summed E-state index contributed by atoms with van der Waals surface area (Å²) in [7, 11) is 0. The number of carboxylic acids is 1. The van der Waals surface area contributed by atoms with Crippen molar-refractivity contribution in [3.05, 3.63) is 22.2 Å². The fraction of sp³-hybridized carbons (Fsp3) is 0.273. The van der Waals surface area contributed by atoms with Gasteiger partial charge in [-0.3, -0.25) is 14.4 Å². The summed E-state index contributed by atoms with van der Waals surface area (Å²) in [6.45, 7) is 1.12. The van der Waals surface area contributed by atoms with E-state index in [0.717, 1.165) is 5.01 Å². The van der Waals surface area contributed by atoms with E-state index in [1.165, 1.54) is 23.5 Å². The van der Waals surface area contributed by atoms with E-state index in [2.05, 4.69) is 15.6 Å². The van der Waals surface area contributed by atoms with Crippen molar-refractivity contribution in [3.8, 4) is 0 Å². The number of nitrogens with one attached hydrogen (secondary N) is 2. The van der Waals surface area contributed by atoms with Crippen molar-refractivity contribution in [3.63, 3.8) is 0 Å². The average molecular weight is 283 g/mol. The fourth-order valence-corrected chi connectivity index (χ4v) is 1.66. The molecule has 0 saturated heterocycles. The van der Waals surface area contributed by atoms with Gasteiger partial charge in [-0.2, -0.15) is 0 Å². The summed E-state index contributed by atoms with van der Waals surface area (Å²) in [5.41, 5.74) is 0.674. The molecule has 0 saturated carbocycles. The highest BCUT2D eigenvalue weighted by atomic mass is 32.1. The number of carboxylic acid groups (broad SMARTS) is 1. The summed E-state index contributed by atoms with van der Waals surface area (Å²) in [4.78, 5) is 36.8. The third-order valence-corrected chi connectivity index (χ3v) is 2.69. The van der Waals surface area contributed by atoms with Crippen LogP contribution in [0.15, 0.2) is 11.5 Å². The minimum atomic E-state index is -1.14. The Morgan fingerprint density at radius 1 is 1.37 bits per heavy atom. The number of amides is 2. The topological polar surface area (TPSA) is 108 Å². The van der Waals surface area contributed by atoms with E-state index in [0.29, 0.717) is 5.69 Å². The Morgan fingerprint density at radius 3 is 2.68 bits per heavy atom.